The lowest BCUT2D eigenvalue weighted by atomic mass is 10.1. The molecular formula is C28H27N3O. The van der Waals surface area contributed by atoms with E-state index in [1.807, 2.05) is 66.7 Å². The number of nitrogens with zero attached hydrogens (tertiary/aromatic N) is 2. The summed E-state index contributed by atoms with van der Waals surface area (Å²) in [5.74, 6) is 0.536. The van der Waals surface area contributed by atoms with Crippen molar-refractivity contribution in [3.8, 4) is 11.3 Å². The highest BCUT2D eigenvalue weighted by atomic mass is 16.1. The normalized spacial score (nSPS) is 10.6. The molecule has 0 spiro atoms. The average molecular weight is 422 g/mol. The van der Waals surface area contributed by atoms with Crippen LogP contribution in [-0.4, -0.2) is 15.9 Å². The molecule has 1 amide bonds. The van der Waals surface area contributed by atoms with Gasteiger partial charge in [-0.05, 0) is 36.8 Å². The summed E-state index contributed by atoms with van der Waals surface area (Å²) in [6, 6.07) is 30.5. The zero-order valence-corrected chi connectivity index (χ0v) is 18.1. The molecule has 0 radical (unpaired) electrons. The van der Waals surface area contributed by atoms with E-state index in [0.29, 0.717) is 18.7 Å². The highest BCUT2D eigenvalue weighted by molar-refractivity contribution is 5.90. The highest BCUT2D eigenvalue weighted by Crippen LogP contribution is 2.21. The molecule has 32 heavy (non-hydrogen) atoms. The van der Waals surface area contributed by atoms with Crippen molar-refractivity contribution in [2.75, 3.05) is 5.32 Å². The Morgan fingerprint density at radius 3 is 1.97 bits per heavy atom. The lowest BCUT2D eigenvalue weighted by molar-refractivity contribution is -0.116. The number of hydrogen-bond acceptors (Lipinski definition) is 3. The standard InChI is InChI=1S/C28H27N3O/c32-27(18-10-15-22-11-4-1-5-12-22)31-28-25(20-19-23-13-6-2-7-14-23)30-26(21-29-28)24-16-8-3-9-17-24/h1-9,11-14,16-17,21H,10,15,18-20H2,(H,29,31,32). The van der Waals surface area contributed by atoms with Gasteiger partial charge >= 0.3 is 0 Å². The number of carbonyl (C=O) groups excluding carboxylic acids is 1. The van der Waals surface area contributed by atoms with Crippen LogP contribution in [0.1, 0.15) is 29.7 Å². The molecule has 4 nitrogen and oxygen atoms in total. The van der Waals surface area contributed by atoms with E-state index in [9.17, 15) is 4.79 Å². The number of anilines is 1. The van der Waals surface area contributed by atoms with E-state index in [1.165, 1.54) is 11.1 Å². The molecule has 160 valence electrons. The van der Waals surface area contributed by atoms with Gasteiger partial charge in [-0.25, -0.2) is 9.97 Å². The van der Waals surface area contributed by atoms with Crippen molar-refractivity contribution < 1.29 is 4.79 Å². The van der Waals surface area contributed by atoms with Gasteiger partial charge in [0.05, 0.1) is 17.6 Å². The summed E-state index contributed by atoms with van der Waals surface area (Å²) in [4.78, 5) is 22.0. The van der Waals surface area contributed by atoms with Gasteiger partial charge < -0.3 is 5.32 Å². The summed E-state index contributed by atoms with van der Waals surface area (Å²) in [7, 11) is 0. The Morgan fingerprint density at radius 1 is 0.719 bits per heavy atom. The van der Waals surface area contributed by atoms with Gasteiger partial charge in [0, 0.05) is 12.0 Å². The smallest absolute Gasteiger partial charge is 0.225 e. The minimum Gasteiger partial charge on any atom is -0.309 e. The molecule has 0 aliphatic rings. The van der Waals surface area contributed by atoms with Gasteiger partial charge in [-0.2, -0.15) is 0 Å². The predicted octanol–water partition coefficient (Wildman–Crippen LogP) is 5.89. The van der Waals surface area contributed by atoms with Gasteiger partial charge in [0.2, 0.25) is 5.91 Å². The third kappa shape index (κ3) is 6.11. The second kappa shape index (κ2) is 11.0. The molecule has 4 aromatic rings. The summed E-state index contributed by atoms with van der Waals surface area (Å²) < 4.78 is 0. The van der Waals surface area contributed by atoms with E-state index < -0.39 is 0 Å². The fourth-order valence-corrected chi connectivity index (χ4v) is 3.65. The van der Waals surface area contributed by atoms with Crippen molar-refractivity contribution in [3.05, 3.63) is 114 Å². The van der Waals surface area contributed by atoms with Crippen molar-refractivity contribution in [2.45, 2.75) is 32.1 Å². The first-order valence-electron chi connectivity index (χ1n) is 11.1. The average Bonchev–Trinajstić information content (AvgIpc) is 2.85. The van der Waals surface area contributed by atoms with E-state index >= 15 is 0 Å². The van der Waals surface area contributed by atoms with Gasteiger partial charge in [0.15, 0.2) is 5.82 Å². The number of rotatable bonds is 9. The quantitative estimate of drug-likeness (QED) is 0.367. The third-order valence-corrected chi connectivity index (χ3v) is 5.38. The van der Waals surface area contributed by atoms with Crippen LogP contribution in [0.5, 0.6) is 0 Å². The molecule has 1 N–H and O–H groups in total. The molecule has 3 aromatic carbocycles. The molecule has 1 heterocycles. The molecule has 1 aromatic heterocycles. The van der Waals surface area contributed by atoms with Crippen LogP contribution in [0.2, 0.25) is 0 Å². The molecule has 4 heteroatoms. The molecule has 0 saturated heterocycles. The monoisotopic (exact) mass is 421 g/mol. The number of aryl methyl sites for hydroxylation is 3. The van der Waals surface area contributed by atoms with Crippen molar-refractivity contribution in [1.82, 2.24) is 9.97 Å². The van der Waals surface area contributed by atoms with Gasteiger partial charge in [-0.1, -0.05) is 91.0 Å². The molecule has 0 unspecified atom stereocenters. The Balaban J connectivity index is 1.46. The number of aromatic nitrogens is 2. The largest absolute Gasteiger partial charge is 0.309 e. The minimum atomic E-state index is -0.0244. The predicted molar refractivity (Wildman–Crippen MR) is 129 cm³/mol. The van der Waals surface area contributed by atoms with E-state index in [-0.39, 0.29) is 5.91 Å². The zero-order valence-electron chi connectivity index (χ0n) is 18.1. The number of benzene rings is 3. The summed E-state index contributed by atoms with van der Waals surface area (Å²) in [5, 5.41) is 3.00. The van der Waals surface area contributed by atoms with Crippen molar-refractivity contribution in [3.63, 3.8) is 0 Å². The number of nitrogens with one attached hydrogen (secondary N) is 1. The summed E-state index contributed by atoms with van der Waals surface area (Å²) in [6.07, 6.45) is 5.41. The Hall–Kier alpha value is -3.79. The van der Waals surface area contributed by atoms with E-state index in [4.69, 9.17) is 4.98 Å². The van der Waals surface area contributed by atoms with Gasteiger partial charge in [-0.3, -0.25) is 4.79 Å². The molecule has 0 aliphatic heterocycles. The van der Waals surface area contributed by atoms with Crippen molar-refractivity contribution >= 4 is 11.7 Å². The van der Waals surface area contributed by atoms with Crippen LogP contribution >= 0.6 is 0 Å². The van der Waals surface area contributed by atoms with Crippen LogP contribution in [0.25, 0.3) is 11.3 Å². The summed E-state index contributed by atoms with van der Waals surface area (Å²) in [6.45, 7) is 0. The van der Waals surface area contributed by atoms with Gasteiger partial charge in [0.25, 0.3) is 0 Å². The fraction of sp³-hybridized carbons (Fsp3) is 0.179. The maximum Gasteiger partial charge on any atom is 0.225 e. The summed E-state index contributed by atoms with van der Waals surface area (Å²) >= 11 is 0. The first kappa shape index (κ1) is 21.4. The van der Waals surface area contributed by atoms with Crippen LogP contribution in [0, 0.1) is 0 Å². The lowest BCUT2D eigenvalue weighted by Gasteiger charge is -2.12. The Bertz CT molecular complexity index is 1130. The number of amides is 1. The SMILES string of the molecule is O=C(CCCc1ccccc1)Nc1ncc(-c2ccccc2)nc1CCc1ccccc1. The number of hydrogen-bond donors (Lipinski definition) is 1. The maximum atomic E-state index is 12.6. The Morgan fingerprint density at radius 2 is 1.31 bits per heavy atom. The Labute approximate surface area is 189 Å². The molecule has 0 aliphatic carbocycles. The fourth-order valence-electron chi connectivity index (χ4n) is 3.65. The molecule has 0 fully saturated rings. The highest BCUT2D eigenvalue weighted by Gasteiger charge is 2.12. The van der Waals surface area contributed by atoms with Crippen molar-refractivity contribution in [2.24, 2.45) is 0 Å². The van der Waals surface area contributed by atoms with Crippen molar-refractivity contribution in [1.29, 1.82) is 0 Å². The molecule has 0 saturated carbocycles. The lowest BCUT2D eigenvalue weighted by Crippen LogP contribution is -2.15. The third-order valence-electron chi connectivity index (χ3n) is 5.38. The minimum absolute atomic E-state index is 0.0244. The molecular weight excluding hydrogens is 394 g/mol. The van der Waals surface area contributed by atoms with Crippen LogP contribution in [0.4, 0.5) is 5.82 Å². The first-order valence-corrected chi connectivity index (χ1v) is 11.1. The topological polar surface area (TPSA) is 54.9 Å². The van der Waals surface area contributed by atoms with E-state index in [1.54, 1.807) is 6.20 Å². The van der Waals surface area contributed by atoms with Gasteiger partial charge in [-0.15, -0.1) is 0 Å². The second-order valence-corrected chi connectivity index (χ2v) is 7.79. The van der Waals surface area contributed by atoms with Crippen LogP contribution in [0.3, 0.4) is 0 Å². The second-order valence-electron chi connectivity index (χ2n) is 7.79. The molecule has 4 rings (SSSR count). The number of carbonyl (C=O) groups is 1. The van der Waals surface area contributed by atoms with Crippen LogP contribution < -0.4 is 5.32 Å². The molecule has 0 bridgehead atoms. The van der Waals surface area contributed by atoms with Crippen LogP contribution in [-0.2, 0) is 24.1 Å². The van der Waals surface area contributed by atoms with E-state index in [2.05, 4.69) is 34.6 Å². The Kier molecular flexibility index (Phi) is 7.38. The molecule has 0 atom stereocenters. The van der Waals surface area contributed by atoms with E-state index in [0.717, 1.165) is 36.2 Å². The summed E-state index contributed by atoms with van der Waals surface area (Å²) in [5.41, 5.74) is 5.12. The van der Waals surface area contributed by atoms with Gasteiger partial charge in [0.1, 0.15) is 0 Å². The maximum absolute atomic E-state index is 12.6. The first-order chi connectivity index (χ1) is 15.8. The van der Waals surface area contributed by atoms with Crippen LogP contribution in [0.15, 0.2) is 97.2 Å². The zero-order chi connectivity index (χ0) is 22.0.